The Hall–Kier alpha value is 4.90. The van der Waals surface area contributed by atoms with Crippen LogP contribution in [-0.4, -0.2) is 53.9 Å². The van der Waals surface area contributed by atoms with Crippen molar-refractivity contribution in [2.75, 3.05) is 35.6 Å². The van der Waals surface area contributed by atoms with Crippen LogP contribution in [0.4, 0.5) is 0 Å². The maximum atomic E-state index is 4.26. The fourth-order valence-electron chi connectivity index (χ4n) is 1.74. The summed E-state index contributed by atoms with van der Waals surface area (Å²) in [5, 5.41) is 6.60. The SMILES string of the molecule is SCSC(CC(SCS)SCS)SCS.SCSC1CC(SCS)SCS1. The van der Waals surface area contributed by atoms with Crippen LogP contribution in [0.5, 0.6) is 0 Å². The molecule has 27 heavy (non-hydrogen) atoms. The first-order valence-corrected chi connectivity index (χ1v) is 19.9. The number of thiol groups is 6. The summed E-state index contributed by atoms with van der Waals surface area (Å²) in [4.78, 5) is 0. The molecule has 1 aliphatic rings. The zero-order chi connectivity index (χ0) is 20.3. The zero-order valence-electron chi connectivity index (χ0n) is 14.6. The quantitative estimate of drug-likeness (QED) is 0.0827. The minimum Gasteiger partial charge on any atom is -0.168 e. The molecule has 164 valence electrons. The molecule has 1 rings (SSSR count). The summed E-state index contributed by atoms with van der Waals surface area (Å²) in [6.07, 6.45) is 2.46. The molecule has 0 bridgehead atoms. The molecule has 0 aromatic heterocycles. The summed E-state index contributed by atoms with van der Waals surface area (Å²) < 4.78 is 2.71. The van der Waals surface area contributed by atoms with Crippen LogP contribution >= 0.6 is 170 Å². The van der Waals surface area contributed by atoms with Gasteiger partial charge in [0.15, 0.2) is 0 Å². The molecule has 0 aliphatic carbocycles. The molecule has 0 N–H and O–H groups in total. The third kappa shape index (κ3) is 19.0. The molecule has 1 fully saturated rings. The Balaban J connectivity index is 0.000000511. The number of hydrogen-bond acceptors (Lipinski definition) is 14. The van der Waals surface area contributed by atoms with Crippen molar-refractivity contribution in [1.29, 1.82) is 0 Å². The number of rotatable bonds is 14. The third-order valence-corrected chi connectivity index (χ3v) is 15.3. The van der Waals surface area contributed by atoms with E-state index in [-0.39, 0.29) is 0 Å². The van der Waals surface area contributed by atoms with Crippen molar-refractivity contribution in [3.8, 4) is 0 Å². The van der Waals surface area contributed by atoms with Gasteiger partial charge < -0.3 is 0 Å². The van der Waals surface area contributed by atoms with Crippen LogP contribution in [0.15, 0.2) is 0 Å². The van der Waals surface area contributed by atoms with Gasteiger partial charge >= 0.3 is 0 Å². The van der Waals surface area contributed by atoms with Gasteiger partial charge in [-0.15, -0.1) is 94.1 Å². The highest BCUT2D eigenvalue weighted by Gasteiger charge is 2.22. The Kier molecular flexibility index (Phi) is 28.4. The van der Waals surface area contributed by atoms with Gasteiger partial charge in [0.2, 0.25) is 0 Å². The van der Waals surface area contributed by atoms with Crippen LogP contribution in [0.2, 0.25) is 0 Å². The van der Waals surface area contributed by atoms with E-state index < -0.39 is 0 Å². The highest BCUT2D eigenvalue weighted by molar-refractivity contribution is 8.29. The van der Waals surface area contributed by atoms with Gasteiger partial charge in [0.25, 0.3) is 0 Å². The van der Waals surface area contributed by atoms with Gasteiger partial charge in [0, 0.05) is 35.6 Å². The van der Waals surface area contributed by atoms with E-state index in [2.05, 4.69) is 99.3 Å². The predicted octanol–water partition coefficient (Wildman–Crippen LogP) is 8.22. The largest absolute Gasteiger partial charge is 0.168 e. The summed E-state index contributed by atoms with van der Waals surface area (Å²) in [7, 11) is 0. The molecule has 1 aliphatic heterocycles. The standard InChI is InChI=1S/C7H16S8.C6H12S6/c8-2-12-6(13-3-9)1-7(14-4-10)15-5-11;7-2-9-5-1-6(10-3-8)12-4-11-5/h6-11H,1-5H2;5-8H,1-4H2. The zero-order valence-corrected chi connectivity index (χ0v) is 26.5. The van der Waals surface area contributed by atoms with Crippen LogP contribution in [0.25, 0.3) is 0 Å². The molecular formula is C13H28S14. The first-order chi connectivity index (χ1) is 13.1. The summed E-state index contributed by atoms with van der Waals surface area (Å²) in [5.41, 5.74) is 0. The molecule has 0 nitrogen and oxygen atoms in total. The fourth-order valence-corrected chi connectivity index (χ4v) is 16.7. The molecule has 0 amide bonds. The van der Waals surface area contributed by atoms with E-state index >= 15 is 0 Å². The van der Waals surface area contributed by atoms with E-state index in [0.29, 0.717) is 9.16 Å². The van der Waals surface area contributed by atoms with Crippen molar-refractivity contribution in [2.24, 2.45) is 0 Å². The molecule has 1 saturated heterocycles. The Morgan fingerprint density at radius 2 is 1.00 bits per heavy atom. The van der Waals surface area contributed by atoms with Gasteiger partial charge in [-0.25, -0.2) is 0 Å². The molecule has 0 aromatic rings. The molecule has 2 atom stereocenters. The minimum atomic E-state index is 0.588. The Morgan fingerprint density at radius 3 is 1.30 bits per heavy atom. The second-order valence-corrected chi connectivity index (χ2v) is 20.0. The van der Waals surface area contributed by atoms with Crippen LogP contribution in [0.3, 0.4) is 0 Å². The second-order valence-electron chi connectivity index (χ2n) is 4.42. The normalized spacial score (nSPS) is 20.0. The van der Waals surface area contributed by atoms with Gasteiger partial charge in [-0.05, 0) is 12.8 Å². The van der Waals surface area contributed by atoms with Gasteiger partial charge in [-0.3, -0.25) is 0 Å². The lowest BCUT2D eigenvalue weighted by atomic mass is 10.5. The Bertz CT molecular complexity index is 267. The van der Waals surface area contributed by atoms with E-state index in [0.717, 1.165) is 46.1 Å². The second kappa shape index (κ2) is 24.0. The van der Waals surface area contributed by atoms with Crippen LogP contribution in [0, 0.1) is 0 Å². The third-order valence-electron chi connectivity index (χ3n) is 2.84. The number of hydrogen-bond donors (Lipinski definition) is 6. The average molecular weight is 633 g/mol. The monoisotopic (exact) mass is 632 g/mol. The van der Waals surface area contributed by atoms with Crippen molar-refractivity contribution in [3.63, 3.8) is 0 Å². The molecule has 1 heterocycles. The molecule has 0 saturated carbocycles. The maximum absolute atomic E-state index is 4.26. The van der Waals surface area contributed by atoms with E-state index in [1.807, 2.05) is 70.6 Å². The van der Waals surface area contributed by atoms with Crippen LogP contribution < -0.4 is 0 Å². The van der Waals surface area contributed by atoms with E-state index in [4.69, 9.17) is 0 Å². The van der Waals surface area contributed by atoms with Gasteiger partial charge in [0.05, 0.1) is 18.3 Å². The first kappa shape index (κ1) is 31.9. The van der Waals surface area contributed by atoms with E-state index in [1.54, 1.807) is 0 Å². The fraction of sp³-hybridized carbons (Fsp3) is 1.00. The molecule has 0 spiro atoms. The van der Waals surface area contributed by atoms with Gasteiger partial charge in [0.1, 0.15) is 0 Å². The summed E-state index contributed by atoms with van der Waals surface area (Å²) >= 11 is 41.1. The molecular weight excluding hydrogens is 605 g/mol. The van der Waals surface area contributed by atoms with Crippen molar-refractivity contribution in [3.05, 3.63) is 0 Å². The van der Waals surface area contributed by atoms with Gasteiger partial charge in [-0.2, -0.15) is 75.8 Å². The Morgan fingerprint density at radius 1 is 0.630 bits per heavy atom. The molecule has 0 aromatic carbocycles. The highest BCUT2D eigenvalue weighted by Crippen LogP contribution is 2.44. The molecule has 2 unspecified atom stereocenters. The Labute approximate surface area is 233 Å². The van der Waals surface area contributed by atoms with Crippen LogP contribution in [0.1, 0.15) is 12.8 Å². The summed E-state index contributed by atoms with van der Waals surface area (Å²) in [5.74, 6) is 0. The predicted molar refractivity (Wildman–Crippen MR) is 173 cm³/mol. The lowest BCUT2D eigenvalue weighted by Gasteiger charge is -2.26. The summed E-state index contributed by atoms with van der Waals surface area (Å²) in [6, 6.07) is 0. The lowest BCUT2D eigenvalue weighted by molar-refractivity contribution is 1.03. The van der Waals surface area contributed by atoms with Crippen molar-refractivity contribution >= 4 is 170 Å². The van der Waals surface area contributed by atoms with E-state index in [1.165, 1.54) is 11.5 Å². The molecule has 14 heteroatoms. The van der Waals surface area contributed by atoms with Crippen molar-refractivity contribution in [2.45, 2.75) is 31.2 Å². The van der Waals surface area contributed by atoms with Crippen molar-refractivity contribution in [1.82, 2.24) is 0 Å². The number of thioether (sulfide) groups is 8. The summed E-state index contributed by atoms with van der Waals surface area (Å²) in [6.45, 7) is 0. The van der Waals surface area contributed by atoms with Crippen LogP contribution in [-0.2, 0) is 0 Å². The maximum Gasteiger partial charge on any atom is 0.0537 e. The smallest absolute Gasteiger partial charge is 0.0537 e. The van der Waals surface area contributed by atoms with E-state index in [9.17, 15) is 0 Å². The lowest BCUT2D eigenvalue weighted by Crippen LogP contribution is -2.13. The van der Waals surface area contributed by atoms with Crippen molar-refractivity contribution < 1.29 is 0 Å². The minimum absolute atomic E-state index is 0.588. The first-order valence-electron chi connectivity index (χ1n) is 7.73. The van der Waals surface area contributed by atoms with Gasteiger partial charge in [-0.1, -0.05) is 0 Å². The highest BCUT2D eigenvalue weighted by atomic mass is 32.3. The topological polar surface area (TPSA) is 0 Å². The molecule has 0 radical (unpaired) electrons. The average Bonchev–Trinajstić information content (AvgIpc) is 2.64.